The van der Waals surface area contributed by atoms with E-state index in [-0.39, 0.29) is 18.4 Å². The monoisotopic (exact) mass is 439 g/mol. The van der Waals surface area contributed by atoms with Gasteiger partial charge in [0.15, 0.2) is 0 Å². The number of ether oxygens (including phenoxy) is 1. The number of para-hydroxylation sites is 3. The van der Waals surface area contributed by atoms with Gasteiger partial charge < -0.3 is 19.9 Å². The molecule has 6 nitrogen and oxygen atoms in total. The van der Waals surface area contributed by atoms with E-state index in [9.17, 15) is 9.59 Å². The molecule has 5 rings (SSSR count). The molecule has 2 heterocycles. The van der Waals surface area contributed by atoms with Crippen molar-refractivity contribution in [3.05, 3.63) is 83.6 Å². The van der Waals surface area contributed by atoms with E-state index >= 15 is 0 Å². The van der Waals surface area contributed by atoms with Crippen LogP contribution in [-0.4, -0.2) is 36.5 Å². The van der Waals surface area contributed by atoms with Crippen LogP contribution in [-0.2, 0) is 4.79 Å². The van der Waals surface area contributed by atoms with E-state index < -0.39 is 6.04 Å². The predicted octanol–water partition coefficient (Wildman–Crippen LogP) is 4.61. The van der Waals surface area contributed by atoms with Gasteiger partial charge in [0.1, 0.15) is 24.1 Å². The largest absolute Gasteiger partial charge is 0.489 e. The third-order valence-electron chi connectivity index (χ3n) is 6.14. The molecule has 0 aliphatic carbocycles. The second-order valence-corrected chi connectivity index (χ2v) is 8.47. The highest BCUT2D eigenvalue weighted by Crippen LogP contribution is 2.32. The van der Waals surface area contributed by atoms with Crippen molar-refractivity contribution in [1.82, 2.24) is 10.3 Å². The topological polar surface area (TPSA) is 74.4 Å². The number of likely N-dealkylation sites (N-methyl/N-ethyl adjacent to an activating group) is 1. The number of anilines is 1. The molecule has 1 aliphatic rings. The molecule has 0 bridgehead atoms. The Hall–Kier alpha value is -4.06. The summed E-state index contributed by atoms with van der Waals surface area (Å²) >= 11 is 0. The Bertz CT molecular complexity index is 1390. The fraction of sp³-hybridized carbons (Fsp3) is 0.185. The lowest BCUT2D eigenvalue weighted by molar-refractivity contribution is -0.120. The van der Waals surface area contributed by atoms with Crippen LogP contribution in [0.25, 0.3) is 22.0 Å². The summed E-state index contributed by atoms with van der Waals surface area (Å²) in [6, 6.07) is 20.7. The van der Waals surface area contributed by atoms with Crippen LogP contribution in [0.5, 0.6) is 5.75 Å². The summed E-state index contributed by atoms with van der Waals surface area (Å²) in [7, 11) is 1.69. The quantitative estimate of drug-likeness (QED) is 0.490. The predicted molar refractivity (Wildman–Crippen MR) is 130 cm³/mol. The van der Waals surface area contributed by atoms with Gasteiger partial charge in [-0.15, -0.1) is 0 Å². The molecule has 1 atom stereocenters. The number of fused-ring (bicyclic) bond motifs is 2. The maximum Gasteiger partial charge on any atom is 0.268 e. The summed E-state index contributed by atoms with van der Waals surface area (Å²) in [5.74, 6) is 0.0493. The van der Waals surface area contributed by atoms with Crippen LogP contribution >= 0.6 is 0 Å². The number of amides is 2. The van der Waals surface area contributed by atoms with E-state index in [1.54, 1.807) is 7.05 Å². The van der Waals surface area contributed by atoms with Gasteiger partial charge in [0.25, 0.3) is 11.8 Å². The zero-order valence-corrected chi connectivity index (χ0v) is 18.8. The average Bonchev–Trinajstić information content (AvgIpc) is 3.21. The Morgan fingerprint density at radius 3 is 2.67 bits per heavy atom. The first-order valence-corrected chi connectivity index (χ1v) is 10.9. The smallest absolute Gasteiger partial charge is 0.268 e. The number of aryl methyl sites for hydroxylation is 2. The fourth-order valence-corrected chi connectivity index (χ4v) is 4.41. The van der Waals surface area contributed by atoms with Gasteiger partial charge in [-0.3, -0.25) is 9.59 Å². The highest BCUT2D eigenvalue weighted by atomic mass is 16.5. The summed E-state index contributed by atoms with van der Waals surface area (Å²) in [6.45, 7) is 4.23. The highest BCUT2D eigenvalue weighted by molar-refractivity contribution is 6.05. The van der Waals surface area contributed by atoms with Crippen molar-refractivity contribution in [2.75, 3.05) is 18.6 Å². The Labute approximate surface area is 192 Å². The van der Waals surface area contributed by atoms with Crippen molar-refractivity contribution in [2.24, 2.45) is 0 Å². The second kappa shape index (κ2) is 8.13. The van der Waals surface area contributed by atoms with Crippen molar-refractivity contribution in [2.45, 2.75) is 19.9 Å². The van der Waals surface area contributed by atoms with Gasteiger partial charge in [0, 0.05) is 18.0 Å². The number of hydrogen-bond donors (Lipinski definition) is 2. The number of carbonyl (C=O) groups excluding carboxylic acids is 2. The van der Waals surface area contributed by atoms with Gasteiger partial charge in [-0.25, -0.2) is 0 Å². The van der Waals surface area contributed by atoms with Crippen molar-refractivity contribution in [3.8, 4) is 16.9 Å². The Morgan fingerprint density at radius 1 is 1.03 bits per heavy atom. The highest BCUT2D eigenvalue weighted by Gasteiger charge is 2.31. The number of aromatic nitrogens is 1. The fourth-order valence-electron chi connectivity index (χ4n) is 4.41. The Kier molecular flexibility index (Phi) is 5.13. The molecule has 3 aromatic carbocycles. The third kappa shape index (κ3) is 3.74. The molecule has 1 aliphatic heterocycles. The summed E-state index contributed by atoms with van der Waals surface area (Å²) in [5.41, 5.74) is 6.51. The van der Waals surface area contributed by atoms with Crippen LogP contribution < -0.4 is 15.0 Å². The van der Waals surface area contributed by atoms with E-state index in [0.29, 0.717) is 17.1 Å². The Morgan fingerprint density at radius 2 is 1.85 bits per heavy atom. The first-order valence-electron chi connectivity index (χ1n) is 10.9. The molecular weight excluding hydrogens is 414 g/mol. The van der Waals surface area contributed by atoms with Crippen molar-refractivity contribution in [1.29, 1.82) is 0 Å². The van der Waals surface area contributed by atoms with Crippen LogP contribution in [0, 0.1) is 13.8 Å². The normalized spacial score (nSPS) is 15.7. The minimum absolute atomic E-state index is 0.0694. The van der Waals surface area contributed by atoms with Crippen LogP contribution in [0.15, 0.2) is 66.7 Å². The lowest BCUT2D eigenvalue weighted by atomic mass is 9.97. The van der Waals surface area contributed by atoms with Crippen molar-refractivity contribution in [3.63, 3.8) is 0 Å². The van der Waals surface area contributed by atoms with Gasteiger partial charge in [0.2, 0.25) is 0 Å². The zero-order chi connectivity index (χ0) is 23.1. The number of rotatable bonds is 3. The Balaban J connectivity index is 1.43. The van der Waals surface area contributed by atoms with Gasteiger partial charge in [-0.2, -0.15) is 0 Å². The second-order valence-electron chi connectivity index (χ2n) is 8.47. The maximum atomic E-state index is 13.1. The number of nitrogens with one attached hydrogen (secondary N) is 2. The van der Waals surface area contributed by atoms with Gasteiger partial charge in [-0.1, -0.05) is 54.1 Å². The molecule has 2 N–H and O–H groups in total. The molecule has 166 valence electrons. The zero-order valence-electron chi connectivity index (χ0n) is 18.8. The molecule has 1 aromatic heterocycles. The van der Waals surface area contributed by atoms with Crippen LogP contribution in [0.3, 0.4) is 0 Å². The third-order valence-corrected chi connectivity index (χ3v) is 6.14. The maximum absolute atomic E-state index is 13.1. The molecule has 0 radical (unpaired) electrons. The molecule has 6 heteroatoms. The minimum Gasteiger partial charge on any atom is -0.489 e. The number of H-pyrrole nitrogens is 1. The number of carbonyl (C=O) groups is 2. The summed E-state index contributed by atoms with van der Waals surface area (Å²) < 4.78 is 5.81. The van der Waals surface area contributed by atoms with E-state index in [0.717, 1.165) is 22.0 Å². The molecule has 0 saturated heterocycles. The number of aromatic amines is 1. The van der Waals surface area contributed by atoms with Crippen molar-refractivity contribution < 1.29 is 14.3 Å². The van der Waals surface area contributed by atoms with Crippen LogP contribution in [0.2, 0.25) is 0 Å². The number of nitrogens with zero attached hydrogens (tertiary/aromatic N) is 1. The van der Waals surface area contributed by atoms with Gasteiger partial charge >= 0.3 is 0 Å². The van der Waals surface area contributed by atoms with E-state index in [4.69, 9.17) is 4.74 Å². The molecule has 4 aromatic rings. The SMILES string of the molecule is Cc1ccc(-c2cccc3cc(C(=O)N[C@H]4COc5ccccc5N(C)C4=O)[nH]c23)c(C)c1. The van der Waals surface area contributed by atoms with E-state index in [1.807, 2.05) is 48.5 Å². The van der Waals surface area contributed by atoms with E-state index in [2.05, 4.69) is 42.3 Å². The minimum atomic E-state index is -0.792. The molecular formula is C27H25N3O3. The van der Waals surface area contributed by atoms with Crippen LogP contribution in [0.1, 0.15) is 21.6 Å². The summed E-state index contributed by atoms with van der Waals surface area (Å²) in [4.78, 5) is 30.9. The first-order chi connectivity index (χ1) is 15.9. The van der Waals surface area contributed by atoms with E-state index in [1.165, 1.54) is 16.0 Å². The molecule has 0 unspecified atom stereocenters. The standard InChI is InChI=1S/C27H25N3O3/c1-16-11-12-19(17(2)13-16)20-8-6-7-18-14-21(28-25(18)20)26(31)29-22-15-33-24-10-5-4-9-23(24)30(3)27(22)32/h4-14,22,28H,15H2,1-3H3,(H,29,31)/t22-/m0/s1. The first kappa shape index (κ1) is 20.8. The molecule has 0 saturated carbocycles. The molecule has 0 spiro atoms. The molecule has 0 fully saturated rings. The summed E-state index contributed by atoms with van der Waals surface area (Å²) in [5, 5.41) is 3.78. The average molecular weight is 440 g/mol. The number of benzene rings is 3. The van der Waals surface area contributed by atoms with Crippen molar-refractivity contribution >= 4 is 28.4 Å². The van der Waals surface area contributed by atoms with Gasteiger partial charge in [0.05, 0.1) is 11.2 Å². The summed E-state index contributed by atoms with van der Waals surface area (Å²) in [6.07, 6.45) is 0. The molecule has 2 amide bonds. The molecule has 33 heavy (non-hydrogen) atoms. The van der Waals surface area contributed by atoms with Gasteiger partial charge in [-0.05, 0) is 43.2 Å². The lowest BCUT2D eigenvalue weighted by Crippen LogP contribution is -2.49. The number of hydrogen-bond acceptors (Lipinski definition) is 3. The van der Waals surface area contributed by atoms with Crippen LogP contribution in [0.4, 0.5) is 5.69 Å². The lowest BCUT2D eigenvalue weighted by Gasteiger charge is -2.20.